The van der Waals surface area contributed by atoms with Crippen molar-refractivity contribution in [2.75, 3.05) is 20.1 Å². The van der Waals surface area contributed by atoms with Gasteiger partial charge in [0.2, 0.25) is 5.91 Å². The molecule has 2 aromatic rings. The average Bonchev–Trinajstić information content (AvgIpc) is 3.55. The fourth-order valence-electron chi connectivity index (χ4n) is 4.31. The van der Waals surface area contributed by atoms with Gasteiger partial charge in [-0.1, -0.05) is 55.3 Å². The molecule has 36 heavy (non-hydrogen) atoms. The number of aromatic nitrogens is 3. The number of nitrogens with zero attached hydrogens (tertiary/aromatic N) is 4. The maximum Gasteiger partial charge on any atom is 0.315 e. The summed E-state index contributed by atoms with van der Waals surface area (Å²) in [7, 11) is 1.85. The van der Waals surface area contributed by atoms with Gasteiger partial charge in [0.1, 0.15) is 0 Å². The molecule has 1 aromatic heterocycles. The minimum atomic E-state index is -0.225. The molecule has 9 heteroatoms. The van der Waals surface area contributed by atoms with Gasteiger partial charge in [0.25, 0.3) is 0 Å². The van der Waals surface area contributed by atoms with Crippen molar-refractivity contribution in [3.8, 4) is 11.8 Å². The number of hydrogen-bond donors (Lipinski definition) is 2. The quantitative estimate of drug-likeness (QED) is 0.494. The Kier molecular flexibility index (Phi) is 10.3. The van der Waals surface area contributed by atoms with Gasteiger partial charge in [-0.25, -0.2) is 9.48 Å². The molecule has 194 valence electrons. The van der Waals surface area contributed by atoms with Crippen LogP contribution in [0, 0.1) is 17.8 Å². The highest BCUT2D eigenvalue weighted by Gasteiger charge is 2.35. The lowest BCUT2D eigenvalue weighted by atomic mass is 9.99. The van der Waals surface area contributed by atoms with E-state index in [1.807, 2.05) is 57.4 Å². The van der Waals surface area contributed by atoms with E-state index in [1.165, 1.54) is 0 Å². The van der Waals surface area contributed by atoms with Gasteiger partial charge in [-0.2, -0.15) is 0 Å². The van der Waals surface area contributed by atoms with Crippen LogP contribution in [0.15, 0.2) is 36.5 Å². The number of benzene rings is 1. The second kappa shape index (κ2) is 13.6. The third-order valence-electron chi connectivity index (χ3n) is 6.38. The summed E-state index contributed by atoms with van der Waals surface area (Å²) in [6, 6.07) is 9.87. The first-order valence-corrected chi connectivity index (χ1v) is 12.7. The van der Waals surface area contributed by atoms with Gasteiger partial charge in [0.05, 0.1) is 36.9 Å². The SMILES string of the molecule is CCCNC(=O)NCC#Cc1cn([C@H](C)C[C@@H]2CC[C@H]([C@@H](C)C(=O)N(C)Cc3ccccc3)O2)nn1. The van der Waals surface area contributed by atoms with Crippen LogP contribution in [-0.2, 0) is 16.1 Å². The summed E-state index contributed by atoms with van der Waals surface area (Å²) in [5.41, 5.74) is 1.67. The first kappa shape index (κ1) is 27.2. The molecule has 0 saturated carbocycles. The Labute approximate surface area is 214 Å². The zero-order chi connectivity index (χ0) is 25.9. The maximum atomic E-state index is 13.0. The minimum Gasteiger partial charge on any atom is -0.374 e. The van der Waals surface area contributed by atoms with Gasteiger partial charge in [-0.15, -0.1) is 5.10 Å². The summed E-state index contributed by atoms with van der Waals surface area (Å²) < 4.78 is 8.09. The molecule has 0 aliphatic carbocycles. The van der Waals surface area contributed by atoms with Crippen molar-refractivity contribution in [3.05, 3.63) is 47.8 Å². The number of amides is 3. The van der Waals surface area contributed by atoms with E-state index in [-0.39, 0.29) is 42.7 Å². The third-order valence-corrected chi connectivity index (χ3v) is 6.38. The summed E-state index contributed by atoms with van der Waals surface area (Å²) in [6.07, 6.45) is 5.27. The number of hydrogen-bond acceptors (Lipinski definition) is 5. The van der Waals surface area contributed by atoms with Crippen molar-refractivity contribution in [2.24, 2.45) is 5.92 Å². The third kappa shape index (κ3) is 8.09. The molecule has 1 aliphatic heterocycles. The molecular formula is C27H38N6O3. The number of carbonyl (C=O) groups is 2. The predicted molar refractivity (Wildman–Crippen MR) is 138 cm³/mol. The Morgan fingerprint density at radius 1 is 1.22 bits per heavy atom. The average molecular weight is 495 g/mol. The molecule has 0 unspecified atom stereocenters. The number of urea groups is 1. The van der Waals surface area contributed by atoms with Gasteiger partial charge < -0.3 is 20.3 Å². The Balaban J connectivity index is 1.43. The number of nitrogens with one attached hydrogen (secondary N) is 2. The van der Waals surface area contributed by atoms with Crippen molar-refractivity contribution in [1.29, 1.82) is 0 Å². The first-order chi connectivity index (χ1) is 17.4. The molecule has 1 saturated heterocycles. The summed E-state index contributed by atoms with van der Waals surface area (Å²) in [5, 5.41) is 13.7. The Morgan fingerprint density at radius 2 is 2.00 bits per heavy atom. The lowest BCUT2D eigenvalue weighted by molar-refractivity contribution is -0.139. The lowest BCUT2D eigenvalue weighted by Gasteiger charge is -2.26. The minimum absolute atomic E-state index is 0.0734. The largest absolute Gasteiger partial charge is 0.374 e. The molecule has 0 bridgehead atoms. The van der Waals surface area contributed by atoms with Crippen molar-refractivity contribution < 1.29 is 14.3 Å². The number of ether oxygens (including phenoxy) is 1. The van der Waals surface area contributed by atoms with Crippen LogP contribution in [-0.4, -0.2) is 64.2 Å². The standard InChI is InChI=1S/C27H38N6O3/c1-5-15-28-27(35)29-16-9-12-23-19-33(31-30-23)20(2)17-24-13-14-25(36-24)21(3)26(34)32(4)18-22-10-7-6-8-11-22/h6-8,10-11,19-21,24-25H,5,13-18H2,1-4H3,(H2,28,29,35)/t20-,21-,24+,25-/m1/s1. The zero-order valence-electron chi connectivity index (χ0n) is 21.7. The van der Waals surface area contributed by atoms with Crippen LogP contribution in [0.2, 0.25) is 0 Å². The smallest absolute Gasteiger partial charge is 0.315 e. The van der Waals surface area contributed by atoms with Gasteiger partial charge in [-0.05, 0) is 44.1 Å². The fraction of sp³-hybridized carbons (Fsp3) is 0.556. The van der Waals surface area contributed by atoms with Gasteiger partial charge in [0.15, 0.2) is 5.69 Å². The van der Waals surface area contributed by atoms with Crippen LogP contribution in [0.25, 0.3) is 0 Å². The fourth-order valence-corrected chi connectivity index (χ4v) is 4.31. The molecule has 3 rings (SSSR count). The van der Waals surface area contributed by atoms with E-state index in [0.717, 1.165) is 31.2 Å². The van der Waals surface area contributed by atoms with Crippen LogP contribution in [0.4, 0.5) is 4.79 Å². The van der Waals surface area contributed by atoms with E-state index in [1.54, 1.807) is 9.58 Å². The van der Waals surface area contributed by atoms with Crippen LogP contribution in [0.3, 0.4) is 0 Å². The molecule has 0 spiro atoms. The van der Waals surface area contributed by atoms with Crippen LogP contribution in [0.1, 0.15) is 63.8 Å². The maximum absolute atomic E-state index is 13.0. The molecule has 1 aromatic carbocycles. The van der Waals surface area contributed by atoms with E-state index in [2.05, 4.69) is 39.7 Å². The lowest BCUT2D eigenvalue weighted by Crippen LogP contribution is -2.37. The van der Waals surface area contributed by atoms with E-state index >= 15 is 0 Å². The molecule has 9 nitrogen and oxygen atoms in total. The summed E-state index contributed by atoms with van der Waals surface area (Å²) >= 11 is 0. The van der Waals surface area contributed by atoms with Gasteiger partial charge >= 0.3 is 6.03 Å². The molecule has 1 aliphatic rings. The zero-order valence-corrected chi connectivity index (χ0v) is 21.7. The van der Waals surface area contributed by atoms with E-state index in [4.69, 9.17) is 4.74 Å². The molecule has 2 N–H and O–H groups in total. The predicted octanol–water partition coefficient (Wildman–Crippen LogP) is 3.13. The Hall–Kier alpha value is -3.38. The van der Waals surface area contributed by atoms with Crippen molar-refractivity contribution >= 4 is 11.9 Å². The molecule has 0 radical (unpaired) electrons. The molecule has 3 amide bonds. The highest BCUT2D eigenvalue weighted by atomic mass is 16.5. The van der Waals surface area contributed by atoms with Crippen molar-refractivity contribution in [1.82, 2.24) is 30.5 Å². The molecular weight excluding hydrogens is 456 g/mol. The van der Waals surface area contributed by atoms with Crippen molar-refractivity contribution in [2.45, 2.75) is 71.2 Å². The highest BCUT2D eigenvalue weighted by molar-refractivity contribution is 5.78. The Bertz CT molecular complexity index is 1040. The normalized spacial score (nSPS) is 18.6. The second-order valence-corrected chi connectivity index (χ2v) is 9.42. The number of carbonyl (C=O) groups excluding carboxylic acids is 2. The summed E-state index contributed by atoms with van der Waals surface area (Å²) in [6.45, 7) is 7.51. The Morgan fingerprint density at radius 3 is 2.75 bits per heavy atom. The topological polar surface area (TPSA) is 101 Å². The first-order valence-electron chi connectivity index (χ1n) is 12.7. The van der Waals surface area contributed by atoms with E-state index < -0.39 is 0 Å². The summed E-state index contributed by atoms with van der Waals surface area (Å²) in [4.78, 5) is 26.3. The van der Waals surface area contributed by atoms with Crippen molar-refractivity contribution in [3.63, 3.8) is 0 Å². The van der Waals surface area contributed by atoms with Gasteiger partial charge in [0, 0.05) is 20.1 Å². The van der Waals surface area contributed by atoms with Crippen LogP contribution in [0.5, 0.6) is 0 Å². The van der Waals surface area contributed by atoms with E-state index in [0.29, 0.717) is 18.8 Å². The second-order valence-electron chi connectivity index (χ2n) is 9.42. The number of rotatable bonds is 10. The monoisotopic (exact) mass is 494 g/mol. The molecule has 4 atom stereocenters. The molecule has 2 heterocycles. The highest BCUT2D eigenvalue weighted by Crippen LogP contribution is 2.31. The van der Waals surface area contributed by atoms with Gasteiger partial charge in [-0.3, -0.25) is 4.79 Å². The van der Waals surface area contributed by atoms with Crippen LogP contribution >= 0.6 is 0 Å². The molecule has 1 fully saturated rings. The van der Waals surface area contributed by atoms with Crippen LogP contribution < -0.4 is 10.6 Å². The summed E-state index contributed by atoms with van der Waals surface area (Å²) in [5.74, 6) is 5.73. The van der Waals surface area contributed by atoms with E-state index in [9.17, 15) is 9.59 Å².